The van der Waals surface area contributed by atoms with Crippen molar-refractivity contribution in [2.24, 2.45) is 14.1 Å². The van der Waals surface area contributed by atoms with Gasteiger partial charge in [0.2, 0.25) is 5.91 Å². The van der Waals surface area contributed by atoms with Crippen molar-refractivity contribution in [2.75, 3.05) is 5.32 Å². The molecule has 0 aliphatic carbocycles. The minimum Gasteiger partial charge on any atom is -0.429 e. The first-order valence-electron chi connectivity index (χ1n) is 9.42. The molecule has 1 amide bonds. The molecule has 4 rings (SSSR count). The molecule has 178 valence electrons. The highest BCUT2D eigenvalue weighted by atomic mass is 32.1. The molecule has 0 aliphatic rings. The molecule has 1 N–H and O–H groups in total. The largest absolute Gasteiger partial charge is 0.429 e. The topological polar surface area (TPSA) is 95.2 Å². The first-order chi connectivity index (χ1) is 16.1. The Morgan fingerprint density at radius 1 is 1.12 bits per heavy atom. The van der Waals surface area contributed by atoms with Crippen LogP contribution in [0.5, 0.6) is 5.75 Å². The number of ether oxygens (including phenoxy) is 1. The summed E-state index contributed by atoms with van der Waals surface area (Å²) >= 11 is 2.14. The number of aromatic nitrogens is 3. The minimum atomic E-state index is -3.39. The molecule has 8 nitrogen and oxygen atoms in total. The Bertz CT molecular complexity index is 1520. The molecular formula is C20H14F4N4O4S2. The molecular weight excluding hydrogens is 500 g/mol. The van der Waals surface area contributed by atoms with Gasteiger partial charge in [0.25, 0.3) is 5.56 Å². The van der Waals surface area contributed by atoms with Gasteiger partial charge in [0, 0.05) is 35.3 Å². The summed E-state index contributed by atoms with van der Waals surface area (Å²) in [6, 6.07) is 1.58. The van der Waals surface area contributed by atoms with Gasteiger partial charge < -0.3 is 10.1 Å². The molecule has 34 heavy (non-hydrogen) atoms. The third-order valence-corrected chi connectivity index (χ3v) is 6.61. The first-order valence-corrected chi connectivity index (χ1v) is 11.2. The van der Waals surface area contributed by atoms with E-state index in [2.05, 4.69) is 15.0 Å². The van der Waals surface area contributed by atoms with Crippen LogP contribution in [0.2, 0.25) is 0 Å². The number of hydrogen-bond donors (Lipinski definition) is 1. The van der Waals surface area contributed by atoms with Crippen molar-refractivity contribution in [3.63, 3.8) is 0 Å². The van der Waals surface area contributed by atoms with Gasteiger partial charge in [0.1, 0.15) is 0 Å². The number of thiazole rings is 1. The average Bonchev–Trinajstić information content (AvgIpc) is 3.40. The Morgan fingerprint density at radius 2 is 1.79 bits per heavy atom. The van der Waals surface area contributed by atoms with Crippen molar-refractivity contribution in [3.05, 3.63) is 60.2 Å². The van der Waals surface area contributed by atoms with Gasteiger partial charge in [-0.2, -0.15) is 8.78 Å². The Morgan fingerprint density at radius 3 is 2.44 bits per heavy atom. The Kier molecular flexibility index (Phi) is 6.27. The molecule has 0 unspecified atom stereocenters. The molecule has 14 heteroatoms. The van der Waals surface area contributed by atoms with Crippen molar-refractivity contribution in [2.45, 2.75) is 13.0 Å². The van der Waals surface area contributed by atoms with Crippen molar-refractivity contribution >= 4 is 44.6 Å². The summed E-state index contributed by atoms with van der Waals surface area (Å²) in [5, 5.41) is 5.97. The third kappa shape index (κ3) is 4.33. The van der Waals surface area contributed by atoms with Crippen LogP contribution in [0.15, 0.2) is 32.5 Å². The summed E-state index contributed by atoms with van der Waals surface area (Å²) in [7, 11) is 2.87. The predicted molar refractivity (Wildman–Crippen MR) is 119 cm³/mol. The van der Waals surface area contributed by atoms with E-state index in [-0.39, 0.29) is 28.2 Å². The van der Waals surface area contributed by atoms with Crippen molar-refractivity contribution in [3.8, 4) is 17.0 Å². The summed E-state index contributed by atoms with van der Waals surface area (Å²) in [4.78, 5) is 41.7. The molecule has 1 aromatic carbocycles. The Balaban J connectivity index is 1.54. The summed E-state index contributed by atoms with van der Waals surface area (Å²) in [5.74, 6) is -4.35. The van der Waals surface area contributed by atoms with Crippen LogP contribution < -0.4 is 21.3 Å². The quantitative estimate of drug-likeness (QED) is 0.398. The van der Waals surface area contributed by atoms with Crippen LogP contribution in [-0.4, -0.2) is 26.6 Å². The zero-order valence-corrected chi connectivity index (χ0v) is 19.0. The lowest BCUT2D eigenvalue weighted by molar-refractivity contribution is -0.115. The second-order valence-electron chi connectivity index (χ2n) is 7.04. The lowest BCUT2D eigenvalue weighted by atomic mass is 10.1. The number of alkyl halides is 2. The number of rotatable bonds is 6. The van der Waals surface area contributed by atoms with Crippen LogP contribution in [0.1, 0.15) is 4.88 Å². The lowest BCUT2D eigenvalue weighted by Gasteiger charge is -2.08. The normalized spacial score (nSPS) is 11.4. The Hall–Kier alpha value is -3.52. The van der Waals surface area contributed by atoms with Crippen LogP contribution in [0.3, 0.4) is 0 Å². The van der Waals surface area contributed by atoms with Gasteiger partial charge >= 0.3 is 12.3 Å². The van der Waals surface area contributed by atoms with E-state index in [1.807, 2.05) is 0 Å². The van der Waals surface area contributed by atoms with E-state index >= 15 is 0 Å². The zero-order chi connectivity index (χ0) is 24.7. The van der Waals surface area contributed by atoms with E-state index in [9.17, 15) is 31.9 Å². The molecule has 0 saturated carbocycles. The van der Waals surface area contributed by atoms with Gasteiger partial charge in [0.05, 0.1) is 23.0 Å². The zero-order valence-electron chi connectivity index (χ0n) is 17.4. The number of aryl methyl sites for hydroxylation is 1. The molecule has 0 radical (unpaired) electrons. The Labute approximate surface area is 195 Å². The number of nitrogens with one attached hydrogen (secondary N) is 1. The van der Waals surface area contributed by atoms with Crippen LogP contribution in [0.4, 0.5) is 22.7 Å². The van der Waals surface area contributed by atoms with E-state index < -0.39 is 41.2 Å². The second kappa shape index (κ2) is 9.02. The van der Waals surface area contributed by atoms with Crippen molar-refractivity contribution in [1.82, 2.24) is 14.1 Å². The first kappa shape index (κ1) is 23.6. The van der Waals surface area contributed by atoms with Gasteiger partial charge in [-0.3, -0.25) is 18.7 Å². The van der Waals surface area contributed by atoms with Crippen LogP contribution in [-0.2, 0) is 25.3 Å². The SMILES string of the molecule is Cn1c(=O)c2c(CC(=O)Nc3nc(-c4cc(F)c(OC(F)F)c(F)c4)cs3)scc2n(C)c1=O. The summed E-state index contributed by atoms with van der Waals surface area (Å²) in [6.07, 6.45) is -0.167. The molecule has 4 aromatic rings. The number of nitrogens with zero attached hydrogens (tertiary/aromatic N) is 3. The number of benzene rings is 1. The van der Waals surface area contributed by atoms with Gasteiger partial charge in [-0.15, -0.1) is 22.7 Å². The van der Waals surface area contributed by atoms with E-state index in [1.165, 1.54) is 24.0 Å². The smallest absolute Gasteiger partial charge is 0.387 e. The number of anilines is 1. The van der Waals surface area contributed by atoms with Gasteiger partial charge in [-0.1, -0.05) is 0 Å². The third-order valence-electron chi connectivity index (χ3n) is 4.87. The lowest BCUT2D eigenvalue weighted by Crippen LogP contribution is -2.36. The van der Waals surface area contributed by atoms with E-state index in [4.69, 9.17) is 0 Å². The van der Waals surface area contributed by atoms with Crippen LogP contribution in [0.25, 0.3) is 22.2 Å². The molecule has 3 aromatic heterocycles. The monoisotopic (exact) mass is 514 g/mol. The summed E-state index contributed by atoms with van der Waals surface area (Å²) in [6.45, 7) is -3.39. The predicted octanol–water partition coefficient (Wildman–Crippen LogP) is 3.48. The maximum Gasteiger partial charge on any atom is 0.387 e. The van der Waals surface area contributed by atoms with E-state index in [1.54, 1.807) is 5.38 Å². The average molecular weight is 514 g/mol. The van der Waals surface area contributed by atoms with Crippen LogP contribution >= 0.6 is 22.7 Å². The molecule has 0 aliphatic heterocycles. The number of carbonyl (C=O) groups is 1. The van der Waals surface area contributed by atoms with Gasteiger partial charge in [-0.25, -0.2) is 18.6 Å². The van der Waals surface area contributed by atoms with Gasteiger partial charge in [-0.05, 0) is 12.1 Å². The number of amides is 1. The second-order valence-corrected chi connectivity index (χ2v) is 8.86. The maximum absolute atomic E-state index is 14.0. The summed E-state index contributed by atoms with van der Waals surface area (Å²) < 4.78 is 58.7. The van der Waals surface area contributed by atoms with Gasteiger partial charge in [0.15, 0.2) is 22.5 Å². The molecule has 0 atom stereocenters. The van der Waals surface area contributed by atoms with Crippen molar-refractivity contribution in [1.29, 1.82) is 0 Å². The highest BCUT2D eigenvalue weighted by molar-refractivity contribution is 7.14. The molecule has 3 heterocycles. The fourth-order valence-electron chi connectivity index (χ4n) is 3.26. The molecule has 0 fully saturated rings. The number of carbonyl (C=O) groups excluding carboxylic acids is 1. The van der Waals surface area contributed by atoms with E-state index in [0.29, 0.717) is 10.4 Å². The van der Waals surface area contributed by atoms with E-state index in [0.717, 1.165) is 39.4 Å². The highest BCUT2D eigenvalue weighted by Gasteiger charge is 2.20. The number of thiophene rings is 1. The number of hydrogen-bond acceptors (Lipinski definition) is 7. The van der Waals surface area contributed by atoms with Crippen LogP contribution in [0, 0.1) is 11.6 Å². The maximum atomic E-state index is 14.0. The minimum absolute atomic E-state index is 0.0398. The van der Waals surface area contributed by atoms with Crippen molar-refractivity contribution < 1.29 is 27.1 Å². The standard InChI is InChI=1S/C20H14F4N4O4S2/c1-27-12-7-33-13(15(12)17(30)28(2)20(27)31)5-14(29)26-19-25-11(6-34-19)8-3-9(21)16(10(22)4-8)32-18(23)24/h3-4,6-7,18H,5H2,1-2H3,(H,25,26,29). The number of fused-ring (bicyclic) bond motifs is 1. The molecule has 0 bridgehead atoms. The highest BCUT2D eigenvalue weighted by Crippen LogP contribution is 2.32. The fraction of sp³-hybridized carbons (Fsp3) is 0.200. The fourth-order valence-corrected chi connectivity index (χ4v) is 5.05. The molecule has 0 spiro atoms. The summed E-state index contributed by atoms with van der Waals surface area (Å²) in [5.41, 5.74) is -0.514. The number of halogens is 4. The molecule has 0 saturated heterocycles.